The van der Waals surface area contributed by atoms with Crippen molar-refractivity contribution in [3.63, 3.8) is 0 Å². The zero-order chi connectivity index (χ0) is 14.4. The zero-order valence-electron chi connectivity index (χ0n) is 12.1. The predicted molar refractivity (Wildman–Crippen MR) is 89.0 cm³/mol. The van der Waals surface area contributed by atoms with Gasteiger partial charge < -0.3 is 16.4 Å². The standard InChI is InChI=1S/C15H24N4S/c1-12(17)18-20-11-13-5-6-15(14(9-13)10-16)19-7-3-2-4-8-19/h5-6,9H,2-4,7-8,10-11,16H2,1H3,(H2,17,18). The van der Waals surface area contributed by atoms with E-state index in [0.29, 0.717) is 12.4 Å². The van der Waals surface area contributed by atoms with Crippen LogP contribution in [0.1, 0.15) is 37.3 Å². The molecule has 4 nitrogen and oxygen atoms in total. The molecule has 0 radical (unpaired) electrons. The summed E-state index contributed by atoms with van der Waals surface area (Å²) in [5.41, 5.74) is 15.2. The summed E-state index contributed by atoms with van der Waals surface area (Å²) in [6.45, 7) is 4.69. The molecule has 4 N–H and O–H groups in total. The van der Waals surface area contributed by atoms with E-state index in [2.05, 4.69) is 27.5 Å². The molecule has 0 unspecified atom stereocenters. The third-order valence-corrected chi connectivity index (χ3v) is 4.38. The van der Waals surface area contributed by atoms with E-state index in [1.807, 2.05) is 0 Å². The van der Waals surface area contributed by atoms with Gasteiger partial charge in [-0.15, -0.1) is 0 Å². The number of benzene rings is 1. The van der Waals surface area contributed by atoms with Crippen LogP contribution in [-0.2, 0) is 12.3 Å². The number of amidine groups is 1. The summed E-state index contributed by atoms with van der Waals surface area (Å²) in [6, 6.07) is 6.60. The van der Waals surface area contributed by atoms with Gasteiger partial charge >= 0.3 is 0 Å². The highest BCUT2D eigenvalue weighted by Crippen LogP contribution is 2.26. The molecule has 110 valence electrons. The molecule has 1 aromatic rings. The van der Waals surface area contributed by atoms with Crippen molar-refractivity contribution >= 4 is 23.5 Å². The smallest absolute Gasteiger partial charge is 0.104 e. The Labute approximate surface area is 125 Å². The first-order chi connectivity index (χ1) is 9.70. The summed E-state index contributed by atoms with van der Waals surface area (Å²) in [4.78, 5) is 2.46. The van der Waals surface area contributed by atoms with E-state index in [4.69, 9.17) is 11.5 Å². The fraction of sp³-hybridized carbons (Fsp3) is 0.533. The van der Waals surface area contributed by atoms with Gasteiger partial charge in [0.05, 0.1) is 0 Å². The summed E-state index contributed by atoms with van der Waals surface area (Å²) in [6.07, 6.45) is 3.91. The number of rotatable bonds is 5. The zero-order valence-corrected chi connectivity index (χ0v) is 13.0. The first-order valence-corrected chi connectivity index (χ1v) is 8.14. The number of anilines is 1. The topological polar surface area (TPSA) is 67.6 Å². The molecule has 20 heavy (non-hydrogen) atoms. The monoisotopic (exact) mass is 292 g/mol. The van der Waals surface area contributed by atoms with Gasteiger partial charge in [0.2, 0.25) is 0 Å². The first-order valence-electron chi connectivity index (χ1n) is 7.19. The maximum atomic E-state index is 5.92. The molecule has 0 atom stereocenters. The highest BCUT2D eigenvalue weighted by Gasteiger charge is 2.14. The summed E-state index contributed by atoms with van der Waals surface area (Å²) in [7, 11) is 0. The van der Waals surface area contributed by atoms with Crippen LogP contribution in [0.25, 0.3) is 0 Å². The van der Waals surface area contributed by atoms with Gasteiger partial charge in [-0.2, -0.15) is 0 Å². The quantitative estimate of drug-likeness (QED) is 0.497. The molecular weight excluding hydrogens is 268 g/mol. The lowest BCUT2D eigenvalue weighted by molar-refractivity contribution is 0.576. The number of piperidine rings is 1. The van der Waals surface area contributed by atoms with Gasteiger partial charge in [-0.05, 0) is 55.3 Å². The van der Waals surface area contributed by atoms with Crippen molar-refractivity contribution in [2.45, 2.75) is 38.5 Å². The van der Waals surface area contributed by atoms with Gasteiger partial charge in [0.25, 0.3) is 0 Å². The van der Waals surface area contributed by atoms with Gasteiger partial charge in [-0.3, -0.25) is 0 Å². The van der Waals surface area contributed by atoms with Crippen molar-refractivity contribution < 1.29 is 0 Å². The third-order valence-electron chi connectivity index (χ3n) is 3.50. The Morgan fingerprint density at radius 3 is 2.70 bits per heavy atom. The van der Waals surface area contributed by atoms with Crippen LogP contribution in [0.2, 0.25) is 0 Å². The summed E-state index contributed by atoms with van der Waals surface area (Å²) in [5.74, 6) is 1.45. The third kappa shape index (κ3) is 4.15. The maximum absolute atomic E-state index is 5.92. The van der Waals surface area contributed by atoms with Crippen LogP contribution in [0.4, 0.5) is 5.69 Å². The molecule has 1 saturated heterocycles. The van der Waals surface area contributed by atoms with Crippen molar-refractivity contribution in [1.29, 1.82) is 0 Å². The molecule has 0 bridgehead atoms. The SMILES string of the molecule is C/C(N)=N/SCc1ccc(N2CCCCC2)c(CN)c1. The van der Waals surface area contributed by atoms with E-state index in [1.165, 1.54) is 48.0 Å². The number of hydrogen-bond acceptors (Lipinski definition) is 4. The van der Waals surface area contributed by atoms with E-state index in [9.17, 15) is 0 Å². The minimum atomic E-state index is 0.587. The van der Waals surface area contributed by atoms with Crippen LogP contribution in [-0.4, -0.2) is 18.9 Å². The van der Waals surface area contributed by atoms with Crippen molar-refractivity contribution in [1.82, 2.24) is 0 Å². The molecule has 1 heterocycles. The minimum absolute atomic E-state index is 0.587. The number of nitrogens with two attached hydrogens (primary N) is 2. The fourth-order valence-corrected chi connectivity index (χ4v) is 3.14. The maximum Gasteiger partial charge on any atom is 0.104 e. The number of hydrogen-bond donors (Lipinski definition) is 2. The molecule has 1 aliphatic heterocycles. The predicted octanol–water partition coefficient (Wildman–Crippen LogP) is 2.66. The normalized spacial score (nSPS) is 16.5. The molecule has 0 aromatic heterocycles. The molecule has 1 aliphatic rings. The molecule has 5 heteroatoms. The van der Waals surface area contributed by atoms with Crippen molar-refractivity contribution in [3.8, 4) is 0 Å². The van der Waals surface area contributed by atoms with E-state index in [1.54, 1.807) is 6.92 Å². The van der Waals surface area contributed by atoms with Gasteiger partial charge in [-0.25, -0.2) is 4.40 Å². The first kappa shape index (κ1) is 15.2. The molecule has 2 rings (SSSR count). The Morgan fingerprint density at radius 1 is 1.30 bits per heavy atom. The Kier molecular flexibility index (Phi) is 5.73. The van der Waals surface area contributed by atoms with Gasteiger partial charge in [0, 0.05) is 31.1 Å². The Morgan fingerprint density at radius 2 is 2.05 bits per heavy atom. The Hall–Kier alpha value is -1.20. The van der Waals surface area contributed by atoms with Gasteiger partial charge in [0.15, 0.2) is 0 Å². The summed E-state index contributed by atoms with van der Waals surface area (Å²) >= 11 is 1.48. The van der Waals surface area contributed by atoms with Gasteiger partial charge in [0.1, 0.15) is 5.84 Å². The van der Waals surface area contributed by atoms with Crippen LogP contribution in [0.15, 0.2) is 22.6 Å². The van der Waals surface area contributed by atoms with Crippen LogP contribution in [0.3, 0.4) is 0 Å². The van der Waals surface area contributed by atoms with E-state index < -0.39 is 0 Å². The Bertz CT molecular complexity index is 463. The molecule has 1 aromatic carbocycles. The largest absolute Gasteiger partial charge is 0.387 e. The molecule has 0 amide bonds. The second kappa shape index (κ2) is 7.55. The fourth-order valence-electron chi connectivity index (χ4n) is 2.54. The minimum Gasteiger partial charge on any atom is -0.387 e. The van der Waals surface area contributed by atoms with E-state index >= 15 is 0 Å². The molecule has 1 fully saturated rings. The second-order valence-corrected chi connectivity index (χ2v) is 5.95. The Balaban J connectivity index is 2.08. The lowest BCUT2D eigenvalue weighted by Gasteiger charge is -2.30. The molecule has 0 saturated carbocycles. The number of nitrogens with zero attached hydrogens (tertiary/aromatic N) is 2. The highest BCUT2D eigenvalue weighted by atomic mass is 32.2. The molecule has 0 aliphatic carbocycles. The van der Waals surface area contributed by atoms with Crippen molar-refractivity contribution in [2.24, 2.45) is 15.9 Å². The highest BCUT2D eigenvalue weighted by molar-refractivity contribution is 7.97. The van der Waals surface area contributed by atoms with Gasteiger partial charge in [-0.1, -0.05) is 12.1 Å². The van der Waals surface area contributed by atoms with E-state index in [-0.39, 0.29) is 0 Å². The van der Waals surface area contributed by atoms with Crippen LogP contribution in [0, 0.1) is 0 Å². The van der Waals surface area contributed by atoms with Crippen LogP contribution in [0.5, 0.6) is 0 Å². The van der Waals surface area contributed by atoms with Crippen LogP contribution >= 0.6 is 11.9 Å². The average Bonchev–Trinajstić information content (AvgIpc) is 2.47. The second-order valence-electron chi connectivity index (χ2n) is 5.22. The lowest BCUT2D eigenvalue weighted by atomic mass is 10.1. The van der Waals surface area contributed by atoms with Crippen molar-refractivity contribution in [2.75, 3.05) is 18.0 Å². The summed E-state index contributed by atoms with van der Waals surface area (Å²) in [5, 5.41) is 0. The van der Waals surface area contributed by atoms with Crippen molar-refractivity contribution in [3.05, 3.63) is 29.3 Å². The van der Waals surface area contributed by atoms with Crippen LogP contribution < -0.4 is 16.4 Å². The average molecular weight is 292 g/mol. The lowest BCUT2D eigenvalue weighted by Crippen LogP contribution is -2.30. The summed E-state index contributed by atoms with van der Waals surface area (Å²) < 4.78 is 4.16. The molecule has 0 spiro atoms. The molecular formula is C15H24N4S. The van der Waals surface area contributed by atoms with E-state index in [0.717, 1.165) is 18.8 Å².